The monoisotopic (exact) mass is 322 g/mol. The molecule has 22 heavy (non-hydrogen) atoms. The molecular formula is C15H19ClN4O2. The second-order valence-electron chi connectivity index (χ2n) is 6.06. The Bertz CT molecular complexity index is 685. The van der Waals surface area contributed by atoms with Gasteiger partial charge in [-0.2, -0.15) is 0 Å². The van der Waals surface area contributed by atoms with Crippen molar-refractivity contribution in [3.05, 3.63) is 17.5 Å². The van der Waals surface area contributed by atoms with Crippen molar-refractivity contribution in [1.29, 1.82) is 0 Å². The normalized spacial score (nSPS) is 25.5. The quantitative estimate of drug-likeness (QED) is 0.847. The molecule has 1 aliphatic heterocycles. The molecule has 0 spiro atoms. The summed E-state index contributed by atoms with van der Waals surface area (Å²) in [4.78, 5) is 8.93. The predicted molar refractivity (Wildman–Crippen MR) is 84.0 cm³/mol. The molecule has 2 aliphatic rings. The highest BCUT2D eigenvalue weighted by atomic mass is 35.5. The highest BCUT2D eigenvalue weighted by molar-refractivity contribution is 6.30. The molecule has 1 saturated carbocycles. The molecule has 118 valence electrons. The van der Waals surface area contributed by atoms with Crippen LogP contribution in [-0.2, 0) is 4.74 Å². The van der Waals surface area contributed by atoms with Gasteiger partial charge in [-0.1, -0.05) is 11.6 Å². The number of nitrogens with zero attached hydrogens (tertiary/aromatic N) is 3. The lowest BCUT2D eigenvalue weighted by atomic mass is 9.93. The van der Waals surface area contributed by atoms with Gasteiger partial charge < -0.3 is 15.2 Å². The van der Waals surface area contributed by atoms with E-state index in [-0.39, 0.29) is 18.9 Å². The molecular weight excluding hydrogens is 304 g/mol. The second-order valence-corrected chi connectivity index (χ2v) is 6.45. The zero-order valence-electron chi connectivity index (χ0n) is 12.2. The Kier molecular flexibility index (Phi) is 3.68. The molecule has 3 heterocycles. The summed E-state index contributed by atoms with van der Waals surface area (Å²) in [5, 5.41) is 13.2. The SMILES string of the molecule is OC[C@@H]1CC[C@H](n2cnc3c(NC4CCC4)cc(Cl)nc32)O1. The largest absolute Gasteiger partial charge is 0.394 e. The zero-order valence-corrected chi connectivity index (χ0v) is 13.0. The zero-order chi connectivity index (χ0) is 15.1. The second kappa shape index (κ2) is 5.68. The fourth-order valence-corrected chi connectivity index (χ4v) is 3.28. The Morgan fingerprint density at radius 3 is 2.91 bits per heavy atom. The third kappa shape index (κ3) is 2.45. The number of rotatable bonds is 4. The Morgan fingerprint density at radius 2 is 2.23 bits per heavy atom. The van der Waals surface area contributed by atoms with Gasteiger partial charge in [0.2, 0.25) is 0 Å². The maximum Gasteiger partial charge on any atom is 0.165 e. The van der Waals surface area contributed by atoms with E-state index >= 15 is 0 Å². The number of aliphatic hydroxyl groups excluding tert-OH is 1. The molecule has 7 heteroatoms. The number of imidazole rings is 1. The minimum atomic E-state index is -0.135. The van der Waals surface area contributed by atoms with Crippen molar-refractivity contribution in [3.8, 4) is 0 Å². The van der Waals surface area contributed by atoms with E-state index in [2.05, 4.69) is 15.3 Å². The first-order chi connectivity index (χ1) is 10.7. The molecule has 6 nitrogen and oxygen atoms in total. The van der Waals surface area contributed by atoms with Crippen molar-refractivity contribution in [2.24, 2.45) is 0 Å². The number of aliphatic hydroxyl groups is 1. The van der Waals surface area contributed by atoms with Crippen molar-refractivity contribution >= 4 is 28.5 Å². The number of anilines is 1. The van der Waals surface area contributed by atoms with Crippen LogP contribution >= 0.6 is 11.6 Å². The van der Waals surface area contributed by atoms with E-state index in [0.29, 0.717) is 11.2 Å². The number of hydrogen-bond acceptors (Lipinski definition) is 5. The van der Waals surface area contributed by atoms with Crippen molar-refractivity contribution < 1.29 is 9.84 Å². The molecule has 0 amide bonds. The number of halogens is 1. The first kappa shape index (κ1) is 14.2. The molecule has 2 N–H and O–H groups in total. The highest BCUT2D eigenvalue weighted by Gasteiger charge is 2.28. The van der Waals surface area contributed by atoms with Gasteiger partial charge in [-0.15, -0.1) is 0 Å². The van der Waals surface area contributed by atoms with E-state index in [1.807, 2.05) is 10.6 Å². The van der Waals surface area contributed by atoms with Crippen LogP contribution in [-0.4, -0.2) is 38.4 Å². The molecule has 0 bridgehead atoms. The summed E-state index contributed by atoms with van der Waals surface area (Å²) in [6.07, 6.45) is 6.85. The smallest absolute Gasteiger partial charge is 0.165 e. The summed E-state index contributed by atoms with van der Waals surface area (Å²) in [5.74, 6) is 0. The molecule has 2 aromatic heterocycles. The van der Waals surface area contributed by atoms with Gasteiger partial charge in [0.25, 0.3) is 0 Å². The number of pyridine rings is 1. The van der Waals surface area contributed by atoms with Crippen LogP contribution in [0.25, 0.3) is 11.2 Å². The highest BCUT2D eigenvalue weighted by Crippen LogP contribution is 2.34. The lowest BCUT2D eigenvalue weighted by molar-refractivity contribution is -0.0207. The summed E-state index contributed by atoms with van der Waals surface area (Å²) >= 11 is 6.19. The molecule has 0 unspecified atom stereocenters. The fourth-order valence-electron chi connectivity index (χ4n) is 3.10. The Hall–Kier alpha value is -1.37. The Labute approximate surface area is 133 Å². The van der Waals surface area contributed by atoms with E-state index in [1.54, 1.807) is 6.33 Å². The van der Waals surface area contributed by atoms with Gasteiger partial charge in [-0.05, 0) is 32.1 Å². The van der Waals surface area contributed by atoms with Gasteiger partial charge in [-0.3, -0.25) is 4.57 Å². The van der Waals surface area contributed by atoms with E-state index in [0.717, 1.165) is 29.7 Å². The third-order valence-corrected chi connectivity index (χ3v) is 4.76. The number of hydrogen-bond donors (Lipinski definition) is 2. The molecule has 0 radical (unpaired) electrons. The van der Waals surface area contributed by atoms with Crippen molar-refractivity contribution in [3.63, 3.8) is 0 Å². The van der Waals surface area contributed by atoms with Crippen molar-refractivity contribution in [2.45, 2.75) is 50.5 Å². The van der Waals surface area contributed by atoms with Crippen LogP contribution < -0.4 is 5.32 Å². The van der Waals surface area contributed by atoms with E-state index in [4.69, 9.17) is 16.3 Å². The van der Waals surface area contributed by atoms with Gasteiger partial charge >= 0.3 is 0 Å². The summed E-state index contributed by atoms with van der Waals surface area (Å²) in [6, 6.07) is 2.35. The number of aromatic nitrogens is 3. The topological polar surface area (TPSA) is 72.2 Å². The molecule has 4 rings (SSSR count). The van der Waals surface area contributed by atoms with Crippen LogP contribution in [0, 0.1) is 0 Å². The fraction of sp³-hybridized carbons (Fsp3) is 0.600. The molecule has 2 aromatic rings. The van der Waals surface area contributed by atoms with Gasteiger partial charge in [-0.25, -0.2) is 9.97 Å². The molecule has 2 fully saturated rings. The molecule has 2 atom stereocenters. The van der Waals surface area contributed by atoms with Crippen LogP contribution in [0.1, 0.15) is 38.3 Å². The minimum absolute atomic E-state index is 0.0474. The molecule has 1 aliphatic carbocycles. The lowest BCUT2D eigenvalue weighted by Gasteiger charge is -2.27. The summed E-state index contributed by atoms with van der Waals surface area (Å²) < 4.78 is 7.75. The van der Waals surface area contributed by atoms with E-state index < -0.39 is 0 Å². The summed E-state index contributed by atoms with van der Waals surface area (Å²) in [6.45, 7) is 0.0474. The van der Waals surface area contributed by atoms with Gasteiger partial charge in [0, 0.05) is 12.1 Å². The molecule has 1 saturated heterocycles. The number of nitrogens with one attached hydrogen (secondary N) is 1. The van der Waals surface area contributed by atoms with E-state index in [1.165, 1.54) is 19.3 Å². The average molecular weight is 323 g/mol. The minimum Gasteiger partial charge on any atom is -0.394 e. The maximum absolute atomic E-state index is 9.22. The number of ether oxygens (including phenoxy) is 1. The van der Waals surface area contributed by atoms with Crippen molar-refractivity contribution in [1.82, 2.24) is 14.5 Å². The van der Waals surface area contributed by atoms with Crippen LogP contribution in [0.5, 0.6) is 0 Å². The Balaban J connectivity index is 1.68. The Morgan fingerprint density at radius 1 is 1.36 bits per heavy atom. The third-order valence-electron chi connectivity index (χ3n) is 4.56. The van der Waals surface area contributed by atoms with Gasteiger partial charge in [0.05, 0.1) is 24.7 Å². The predicted octanol–water partition coefficient (Wildman–Crippen LogP) is 2.72. The summed E-state index contributed by atoms with van der Waals surface area (Å²) in [7, 11) is 0. The van der Waals surface area contributed by atoms with E-state index in [9.17, 15) is 5.11 Å². The first-order valence-electron chi connectivity index (χ1n) is 7.80. The average Bonchev–Trinajstić information content (AvgIpc) is 3.08. The standard InChI is InChI=1S/C15H19ClN4O2/c16-12-6-11(18-9-2-1-3-9)14-15(19-12)20(8-17-14)13-5-4-10(7-21)22-13/h6,8-10,13,21H,1-5,7H2,(H,18,19)/t10-,13+/m0/s1. The summed E-state index contributed by atoms with van der Waals surface area (Å²) in [5.41, 5.74) is 2.50. The van der Waals surface area contributed by atoms with Crippen LogP contribution in [0.3, 0.4) is 0 Å². The maximum atomic E-state index is 9.22. The molecule has 0 aromatic carbocycles. The van der Waals surface area contributed by atoms with Crippen LogP contribution in [0.15, 0.2) is 12.4 Å². The first-order valence-corrected chi connectivity index (χ1v) is 8.18. The lowest BCUT2D eigenvalue weighted by Crippen LogP contribution is -2.27. The van der Waals surface area contributed by atoms with Crippen LogP contribution in [0.2, 0.25) is 5.15 Å². The van der Waals surface area contributed by atoms with Gasteiger partial charge in [0.15, 0.2) is 5.65 Å². The van der Waals surface area contributed by atoms with Crippen molar-refractivity contribution in [2.75, 3.05) is 11.9 Å². The van der Waals surface area contributed by atoms with Crippen LogP contribution in [0.4, 0.5) is 5.69 Å². The number of fused-ring (bicyclic) bond motifs is 1. The van der Waals surface area contributed by atoms with Gasteiger partial charge in [0.1, 0.15) is 16.9 Å².